The van der Waals surface area contributed by atoms with Crippen LogP contribution in [0, 0.1) is 17.5 Å². The van der Waals surface area contributed by atoms with E-state index in [1.54, 1.807) is 0 Å². The topological polar surface area (TPSA) is 20.2 Å². The fraction of sp³-hybridized carbons (Fsp3) is 0.333. The summed E-state index contributed by atoms with van der Waals surface area (Å²) < 4.78 is 38.3. The van der Waals surface area contributed by atoms with Gasteiger partial charge in [0.05, 0.1) is 10.6 Å². The van der Waals surface area contributed by atoms with E-state index in [0.717, 1.165) is 6.07 Å². The molecule has 0 spiro atoms. The van der Waals surface area contributed by atoms with Gasteiger partial charge < -0.3 is 5.11 Å². The molecule has 5 heteroatoms. The molecule has 78 valence electrons. The molecule has 1 aromatic carbocycles. The fourth-order valence-electron chi connectivity index (χ4n) is 1.09. The molecule has 0 aliphatic rings. The van der Waals surface area contributed by atoms with E-state index < -0.39 is 28.0 Å². The molecule has 14 heavy (non-hydrogen) atoms. The molecule has 0 bridgehead atoms. The van der Waals surface area contributed by atoms with Gasteiger partial charge in [-0.25, -0.2) is 13.2 Å². The third-order valence-corrected chi connectivity index (χ3v) is 2.39. The zero-order valence-corrected chi connectivity index (χ0v) is 8.91. The summed E-state index contributed by atoms with van der Waals surface area (Å²) in [5.41, 5.74) is -0.0502. The standard InChI is InChI=1S/C9H8BrF3O/c1-4(14)2-5-3-6(11)9(13)7(10)8(5)12/h3-4,14H,2H2,1H3. The molecule has 1 unspecified atom stereocenters. The summed E-state index contributed by atoms with van der Waals surface area (Å²) in [6, 6.07) is 0.752. The Morgan fingerprint density at radius 1 is 1.36 bits per heavy atom. The minimum Gasteiger partial charge on any atom is -0.393 e. The number of hydrogen-bond donors (Lipinski definition) is 1. The van der Waals surface area contributed by atoms with Crippen molar-refractivity contribution in [2.75, 3.05) is 0 Å². The highest BCUT2D eigenvalue weighted by atomic mass is 79.9. The Morgan fingerprint density at radius 2 is 1.93 bits per heavy atom. The number of hydrogen-bond acceptors (Lipinski definition) is 1. The lowest BCUT2D eigenvalue weighted by atomic mass is 10.1. The van der Waals surface area contributed by atoms with E-state index in [-0.39, 0.29) is 12.0 Å². The van der Waals surface area contributed by atoms with Gasteiger partial charge in [-0.05, 0) is 34.5 Å². The predicted octanol–water partition coefficient (Wildman–Crippen LogP) is 2.79. The van der Waals surface area contributed by atoms with Gasteiger partial charge in [0.25, 0.3) is 0 Å². The Balaban J connectivity index is 3.19. The lowest BCUT2D eigenvalue weighted by Crippen LogP contribution is -2.08. The second-order valence-corrected chi connectivity index (χ2v) is 3.81. The van der Waals surface area contributed by atoms with E-state index >= 15 is 0 Å². The van der Waals surface area contributed by atoms with Gasteiger partial charge in [-0.3, -0.25) is 0 Å². The van der Waals surface area contributed by atoms with Gasteiger partial charge in [0.2, 0.25) is 0 Å². The van der Waals surface area contributed by atoms with Gasteiger partial charge in [0, 0.05) is 6.42 Å². The van der Waals surface area contributed by atoms with Crippen LogP contribution in [-0.4, -0.2) is 11.2 Å². The van der Waals surface area contributed by atoms with E-state index in [1.807, 2.05) is 0 Å². The monoisotopic (exact) mass is 268 g/mol. The first kappa shape index (κ1) is 11.5. The molecule has 1 aromatic rings. The molecule has 0 fully saturated rings. The third-order valence-electron chi connectivity index (χ3n) is 1.69. The van der Waals surface area contributed by atoms with Gasteiger partial charge in [-0.15, -0.1) is 0 Å². The number of rotatable bonds is 2. The second-order valence-electron chi connectivity index (χ2n) is 3.01. The Morgan fingerprint density at radius 3 is 2.43 bits per heavy atom. The molecule has 0 radical (unpaired) electrons. The summed E-state index contributed by atoms with van der Waals surface area (Å²) in [6.45, 7) is 1.44. The average molecular weight is 269 g/mol. The van der Waals surface area contributed by atoms with Crippen LogP contribution in [0.3, 0.4) is 0 Å². The average Bonchev–Trinajstić information content (AvgIpc) is 2.10. The minimum atomic E-state index is -1.25. The summed E-state index contributed by atoms with van der Waals surface area (Å²) in [5.74, 6) is -3.25. The third kappa shape index (κ3) is 2.27. The molecular weight excluding hydrogens is 261 g/mol. The van der Waals surface area contributed by atoms with Crippen LogP contribution in [0.4, 0.5) is 13.2 Å². The van der Waals surface area contributed by atoms with Crippen LogP contribution in [0.2, 0.25) is 0 Å². The lowest BCUT2D eigenvalue weighted by molar-refractivity contribution is 0.194. The first-order chi connectivity index (χ1) is 6.43. The van der Waals surface area contributed by atoms with Crippen LogP contribution in [0.5, 0.6) is 0 Å². The molecule has 0 aromatic heterocycles. The molecular formula is C9H8BrF3O. The van der Waals surface area contributed by atoms with Crippen molar-refractivity contribution >= 4 is 15.9 Å². The first-order valence-corrected chi connectivity index (χ1v) is 4.72. The summed E-state index contributed by atoms with van der Waals surface area (Å²) in [4.78, 5) is 0. The normalized spacial score (nSPS) is 13.0. The summed E-state index contributed by atoms with van der Waals surface area (Å²) in [6.07, 6.45) is -0.858. The van der Waals surface area contributed by atoms with Crippen molar-refractivity contribution in [3.8, 4) is 0 Å². The van der Waals surface area contributed by atoms with E-state index in [4.69, 9.17) is 5.11 Å². The molecule has 1 nitrogen and oxygen atoms in total. The Labute approximate surface area is 87.7 Å². The van der Waals surface area contributed by atoms with Gasteiger partial charge in [-0.1, -0.05) is 0 Å². The van der Waals surface area contributed by atoms with Gasteiger partial charge in [-0.2, -0.15) is 0 Å². The smallest absolute Gasteiger partial charge is 0.175 e. The van der Waals surface area contributed by atoms with E-state index in [9.17, 15) is 13.2 Å². The van der Waals surface area contributed by atoms with E-state index in [0.29, 0.717) is 0 Å². The molecule has 1 N–H and O–H groups in total. The molecule has 0 aliphatic heterocycles. The molecule has 1 rings (SSSR count). The highest BCUT2D eigenvalue weighted by molar-refractivity contribution is 9.10. The van der Waals surface area contributed by atoms with Crippen LogP contribution < -0.4 is 0 Å². The van der Waals surface area contributed by atoms with Gasteiger partial charge in [0.1, 0.15) is 5.82 Å². The second kappa shape index (κ2) is 4.31. The quantitative estimate of drug-likeness (QED) is 0.646. The maximum absolute atomic E-state index is 13.2. The lowest BCUT2D eigenvalue weighted by Gasteiger charge is -2.08. The highest BCUT2D eigenvalue weighted by Gasteiger charge is 2.17. The molecule has 0 saturated heterocycles. The highest BCUT2D eigenvalue weighted by Crippen LogP contribution is 2.25. The summed E-state index contributed by atoms with van der Waals surface area (Å²) in [5, 5.41) is 8.98. The Hall–Kier alpha value is -0.550. The molecule has 1 atom stereocenters. The minimum absolute atomic E-state index is 0.0502. The predicted molar refractivity (Wildman–Crippen MR) is 49.4 cm³/mol. The Bertz CT molecular complexity index is 352. The molecule has 0 saturated carbocycles. The van der Waals surface area contributed by atoms with Crippen LogP contribution in [0.15, 0.2) is 10.5 Å². The maximum Gasteiger partial charge on any atom is 0.175 e. The zero-order chi connectivity index (χ0) is 10.9. The van der Waals surface area contributed by atoms with Gasteiger partial charge >= 0.3 is 0 Å². The molecule has 0 amide bonds. The van der Waals surface area contributed by atoms with Crippen molar-refractivity contribution in [1.82, 2.24) is 0 Å². The largest absolute Gasteiger partial charge is 0.393 e. The SMILES string of the molecule is CC(O)Cc1cc(F)c(F)c(Br)c1F. The summed E-state index contributed by atoms with van der Waals surface area (Å²) in [7, 11) is 0. The number of aliphatic hydroxyl groups is 1. The van der Waals surface area contributed by atoms with Crippen molar-refractivity contribution in [3.63, 3.8) is 0 Å². The van der Waals surface area contributed by atoms with Crippen molar-refractivity contribution in [3.05, 3.63) is 33.6 Å². The Kier molecular flexibility index (Phi) is 3.55. The van der Waals surface area contributed by atoms with Crippen molar-refractivity contribution in [2.45, 2.75) is 19.4 Å². The number of aliphatic hydroxyl groups excluding tert-OH is 1. The number of halogens is 4. The molecule has 0 aliphatic carbocycles. The zero-order valence-electron chi connectivity index (χ0n) is 7.32. The van der Waals surface area contributed by atoms with Crippen molar-refractivity contribution < 1.29 is 18.3 Å². The maximum atomic E-state index is 13.2. The van der Waals surface area contributed by atoms with Crippen molar-refractivity contribution in [1.29, 1.82) is 0 Å². The summed E-state index contributed by atoms with van der Waals surface area (Å²) >= 11 is 2.60. The van der Waals surface area contributed by atoms with E-state index in [2.05, 4.69) is 15.9 Å². The van der Waals surface area contributed by atoms with Gasteiger partial charge in [0.15, 0.2) is 11.6 Å². The van der Waals surface area contributed by atoms with Crippen LogP contribution >= 0.6 is 15.9 Å². The van der Waals surface area contributed by atoms with E-state index in [1.165, 1.54) is 6.92 Å². The molecule has 0 heterocycles. The van der Waals surface area contributed by atoms with Crippen LogP contribution in [0.1, 0.15) is 12.5 Å². The van der Waals surface area contributed by atoms with Crippen molar-refractivity contribution in [2.24, 2.45) is 0 Å². The first-order valence-electron chi connectivity index (χ1n) is 3.93. The van der Waals surface area contributed by atoms with Crippen LogP contribution in [0.25, 0.3) is 0 Å². The number of benzene rings is 1. The fourth-order valence-corrected chi connectivity index (χ4v) is 1.53. The van der Waals surface area contributed by atoms with Crippen LogP contribution in [-0.2, 0) is 6.42 Å².